The standard InChI is InChI=1S/C14H20N2O4S2.ClH/c1-10-3-4-13(21(2,17)18)5-14(10)22(19,20)16-8-11-6-15-7-12(11)9-16;/h3-5,11-12,15H,6-9H2,1-2H3;1H/t11-,12+;. The summed E-state index contributed by atoms with van der Waals surface area (Å²) in [4.78, 5) is 0.140. The first-order valence-electron chi connectivity index (χ1n) is 7.21. The van der Waals surface area contributed by atoms with Gasteiger partial charge in [0.25, 0.3) is 0 Å². The molecule has 2 heterocycles. The van der Waals surface area contributed by atoms with E-state index in [0.29, 0.717) is 30.5 Å². The molecule has 2 atom stereocenters. The zero-order valence-corrected chi connectivity index (χ0v) is 15.5. The molecular weight excluding hydrogens is 360 g/mol. The number of hydrogen-bond acceptors (Lipinski definition) is 5. The average molecular weight is 381 g/mol. The van der Waals surface area contributed by atoms with E-state index in [2.05, 4.69) is 5.32 Å². The van der Waals surface area contributed by atoms with Crippen molar-refractivity contribution in [2.75, 3.05) is 32.4 Å². The molecule has 2 fully saturated rings. The van der Waals surface area contributed by atoms with Crippen LogP contribution in [-0.2, 0) is 19.9 Å². The first-order valence-corrected chi connectivity index (χ1v) is 10.5. The molecule has 0 aliphatic carbocycles. The summed E-state index contributed by atoms with van der Waals surface area (Å²) in [5, 5.41) is 3.28. The van der Waals surface area contributed by atoms with Gasteiger partial charge in [-0.1, -0.05) is 6.07 Å². The molecule has 0 unspecified atom stereocenters. The second kappa shape index (κ2) is 6.33. The lowest BCUT2D eigenvalue weighted by molar-refractivity contribution is 0.447. The first-order chi connectivity index (χ1) is 10.2. The molecule has 2 aliphatic rings. The quantitative estimate of drug-likeness (QED) is 0.832. The minimum atomic E-state index is -3.65. The Labute approximate surface area is 143 Å². The Morgan fingerprint density at radius 2 is 1.65 bits per heavy atom. The summed E-state index contributed by atoms with van der Waals surface area (Å²) < 4.78 is 50.6. The molecule has 3 rings (SSSR count). The van der Waals surface area contributed by atoms with Crippen molar-refractivity contribution in [3.63, 3.8) is 0 Å². The van der Waals surface area contributed by atoms with Crippen molar-refractivity contribution in [3.05, 3.63) is 23.8 Å². The molecule has 0 spiro atoms. The Hall–Kier alpha value is -0.670. The Morgan fingerprint density at radius 1 is 1.09 bits per heavy atom. The molecule has 1 N–H and O–H groups in total. The Bertz CT molecular complexity index is 796. The van der Waals surface area contributed by atoms with Gasteiger partial charge < -0.3 is 5.32 Å². The fourth-order valence-corrected chi connectivity index (χ4v) is 5.76. The van der Waals surface area contributed by atoms with Gasteiger partial charge in [0.15, 0.2) is 9.84 Å². The summed E-state index contributed by atoms with van der Waals surface area (Å²) in [5.74, 6) is 0.710. The van der Waals surface area contributed by atoms with Crippen molar-refractivity contribution in [1.29, 1.82) is 0 Å². The lowest BCUT2D eigenvalue weighted by atomic mass is 10.0. The lowest BCUT2D eigenvalue weighted by Gasteiger charge is -2.19. The normalized spacial score (nSPS) is 25.1. The molecule has 0 radical (unpaired) electrons. The summed E-state index contributed by atoms with van der Waals surface area (Å²) in [5.41, 5.74) is 0.572. The first kappa shape index (κ1) is 18.7. The summed E-state index contributed by atoms with van der Waals surface area (Å²) in [6.07, 6.45) is 1.08. The maximum absolute atomic E-state index is 12.9. The van der Waals surface area contributed by atoms with Gasteiger partial charge in [-0.15, -0.1) is 12.4 Å². The van der Waals surface area contributed by atoms with E-state index >= 15 is 0 Å². The third-order valence-electron chi connectivity index (χ3n) is 4.56. The molecule has 0 amide bonds. The predicted molar refractivity (Wildman–Crippen MR) is 90.1 cm³/mol. The molecule has 9 heteroatoms. The fraction of sp³-hybridized carbons (Fsp3) is 0.571. The van der Waals surface area contributed by atoms with Crippen LogP contribution in [0.15, 0.2) is 28.0 Å². The molecule has 130 valence electrons. The van der Waals surface area contributed by atoms with E-state index in [1.54, 1.807) is 13.0 Å². The summed E-state index contributed by atoms with van der Waals surface area (Å²) in [7, 11) is -7.09. The maximum atomic E-state index is 12.9. The van der Waals surface area contributed by atoms with E-state index in [-0.39, 0.29) is 22.2 Å². The highest BCUT2D eigenvalue weighted by molar-refractivity contribution is 7.91. The number of aryl methyl sites for hydroxylation is 1. The third kappa shape index (κ3) is 3.41. The van der Waals surface area contributed by atoms with Crippen molar-refractivity contribution in [1.82, 2.24) is 9.62 Å². The van der Waals surface area contributed by atoms with Crippen LogP contribution in [0.2, 0.25) is 0 Å². The number of hydrogen-bond donors (Lipinski definition) is 1. The van der Waals surface area contributed by atoms with Gasteiger partial charge in [0.05, 0.1) is 9.79 Å². The van der Waals surface area contributed by atoms with Crippen molar-refractivity contribution in [3.8, 4) is 0 Å². The molecule has 2 aliphatic heterocycles. The maximum Gasteiger partial charge on any atom is 0.243 e. The number of fused-ring (bicyclic) bond motifs is 1. The van der Waals surface area contributed by atoms with Crippen molar-refractivity contribution in [2.45, 2.75) is 16.7 Å². The number of rotatable bonds is 3. The zero-order valence-electron chi connectivity index (χ0n) is 13.0. The summed E-state index contributed by atoms with van der Waals surface area (Å²) >= 11 is 0. The highest BCUT2D eigenvalue weighted by Gasteiger charge is 2.41. The predicted octanol–water partition coefficient (Wildman–Crippen LogP) is 0.660. The monoisotopic (exact) mass is 380 g/mol. The number of benzene rings is 1. The molecule has 2 saturated heterocycles. The van der Waals surface area contributed by atoms with Crippen molar-refractivity contribution in [2.24, 2.45) is 11.8 Å². The topological polar surface area (TPSA) is 83.5 Å². The summed E-state index contributed by atoms with van der Waals surface area (Å²) in [6, 6.07) is 4.29. The van der Waals surface area contributed by atoms with E-state index in [9.17, 15) is 16.8 Å². The second-order valence-corrected chi connectivity index (χ2v) is 10.1. The third-order valence-corrected chi connectivity index (χ3v) is 7.65. The number of nitrogens with zero attached hydrogens (tertiary/aromatic N) is 1. The second-order valence-electron chi connectivity index (χ2n) is 6.20. The molecule has 23 heavy (non-hydrogen) atoms. The van der Waals surface area contributed by atoms with Gasteiger partial charge in [0.1, 0.15) is 0 Å². The molecule has 1 aromatic carbocycles. The van der Waals surface area contributed by atoms with E-state index in [1.165, 1.54) is 16.4 Å². The highest BCUT2D eigenvalue weighted by atomic mass is 35.5. The fourth-order valence-electron chi connectivity index (χ4n) is 3.24. The van der Waals surface area contributed by atoms with Crippen LogP contribution in [0.1, 0.15) is 5.56 Å². The molecular formula is C14H21ClN2O4S2. The molecule has 0 saturated carbocycles. The zero-order chi connectivity index (χ0) is 16.1. The number of nitrogens with one attached hydrogen (secondary N) is 1. The van der Waals surface area contributed by atoms with Gasteiger partial charge >= 0.3 is 0 Å². The van der Waals surface area contributed by atoms with Gasteiger partial charge in [-0.2, -0.15) is 4.31 Å². The minimum Gasteiger partial charge on any atom is -0.316 e. The SMILES string of the molecule is Cc1ccc(S(C)(=O)=O)cc1S(=O)(=O)N1C[C@H]2CNC[C@H]2C1.Cl. The van der Waals surface area contributed by atoms with Gasteiger partial charge in [-0.3, -0.25) is 0 Å². The van der Waals surface area contributed by atoms with Crippen molar-refractivity contribution >= 4 is 32.3 Å². The van der Waals surface area contributed by atoms with Crippen LogP contribution in [0, 0.1) is 18.8 Å². The van der Waals surface area contributed by atoms with Gasteiger partial charge in [0, 0.05) is 19.3 Å². The summed E-state index contributed by atoms with van der Waals surface area (Å²) in [6.45, 7) is 4.39. The number of sulfonamides is 1. The smallest absolute Gasteiger partial charge is 0.243 e. The van der Waals surface area contributed by atoms with E-state index < -0.39 is 19.9 Å². The van der Waals surface area contributed by atoms with Crippen LogP contribution in [0.5, 0.6) is 0 Å². The minimum absolute atomic E-state index is 0. The number of halogens is 1. The van der Waals surface area contributed by atoms with Crippen LogP contribution >= 0.6 is 12.4 Å². The lowest BCUT2D eigenvalue weighted by Crippen LogP contribution is -2.32. The van der Waals surface area contributed by atoms with Crippen molar-refractivity contribution < 1.29 is 16.8 Å². The number of sulfone groups is 1. The molecule has 1 aromatic rings. The van der Waals surface area contributed by atoms with Crippen LogP contribution in [0.25, 0.3) is 0 Å². The largest absolute Gasteiger partial charge is 0.316 e. The van der Waals surface area contributed by atoms with Crippen LogP contribution in [0.4, 0.5) is 0 Å². The highest BCUT2D eigenvalue weighted by Crippen LogP contribution is 2.32. The van der Waals surface area contributed by atoms with E-state index in [1.807, 2.05) is 0 Å². The van der Waals surface area contributed by atoms with Gasteiger partial charge in [-0.25, -0.2) is 16.8 Å². The van der Waals surface area contributed by atoms with Gasteiger partial charge in [0.2, 0.25) is 10.0 Å². The van der Waals surface area contributed by atoms with E-state index in [0.717, 1.165) is 19.3 Å². The van der Waals surface area contributed by atoms with E-state index in [4.69, 9.17) is 0 Å². The van der Waals surface area contributed by atoms with Crippen LogP contribution < -0.4 is 5.32 Å². The molecule has 6 nitrogen and oxygen atoms in total. The average Bonchev–Trinajstić information content (AvgIpc) is 2.98. The Balaban J connectivity index is 0.00000192. The molecule has 0 bridgehead atoms. The Kier molecular flexibility index (Phi) is 5.13. The van der Waals surface area contributed by atoms with Gasteiger partial charge in [-0.05, 0) is 49.5 Å². The van der Waals surface area contributed by atoms with Crippen LogP contribution in [0.3, 0.4) is 0 Å². The Morgan fingerprint density at radius 3 is 2.17 bits per heavy atom. The molecule has 0 aromatic heterocycles. The van der Waals surface area contributed by atoms with Crippen LogP contribution in [-0.4, -0.2) is 53.6 Å².